The Bertz CT molecular complexity index is 699. The Kier molecular flexibility index (Phi) is 4.66. The molecule has 0 N–H and O–H groups in total. The molecule has 2 heterocycles. The van der Waals surface area contributed by atoms with Gasteiger partial charge >= 0.3 is 0 Å². The summed E-state index contributed by atoms with van der Waals surface area (Å²) < 4.78 is 1.75. The minimum Gasteiger partial charge on any atom is -0.337 e. The lowest BCUT2D eigenvalue weighted by Crippen LogP contribution is -2.40. The first-order valence-corrected chi connectivity index (χ1v) is 8.74. The highest BCUT2D eigenvalue weighted by molar-refractivity contribution is 8.00. The fourth-order valence-electron chi connectivity index (χ4n) is 2.74. The molecular formula is C16H21N5OS. The molecule has 2 aromatic rings. The van der Waals surface area contributed by atoms with E-state index in [4.69, 9.17) is 0 Å². The number of tetrazole rings is 1. The van der Waals surface area contributed by atoms with Crippen LogP contribution in [0.1, 0.15) is 37.9 Å². The number of aromatic nitrogens is 4. The number of hydrogen-bond acceptors (Lipinski definition) is 5. The SMILES string of the molecule is CC(C)n1nnnc1S[C@H](C)C(=O)N1CCc2ccccc2C1. The summed E-state index contributed by atoms with van der Waals surface area (Å²) in [7, 11) is 0. The number of fused-ring (bicyclic) bond motifs is 1. The Labute approximate surface area is 140 Å². The second-order valence-corrected chi connectivity index (χ2v) is 7.35. The molecule has 1 aliphatic heterocycles. The van der Waals surface area contributed by atoms with Gasteiger partial charge in [-0.1, -0.05) is 36.0 Å². The summed E-state index contributed by atoms with van der Waals surface area (Å²) in [5, 5.41) is 12.2. The van der Waals surface area contributed by atoms with Gasteiger partial charge in [-0.15, -0.1) is 5.10 Å². The molecule has 0 saturated heterocycles. The Morgan fingerprint density at radius 2 is 1.96 bits per heavy atom. The molecule has 0 saturated carbocycles. The van der Waals surface area contributed by atoms with Gasteiger partial charge in [0.15, 0.2) is 0 Å². The lowest BCUT2D eigenvalue weighted by atomic mass is 10.00. The zero-order valence-corrected chi connectivity index (χ0v) is 14.5. The van der Waals surface area contributed by atoms with Crippen LogP contribution in [0, 0.1) is 0 Å². The molecule has 0 radical (unpaired) electrons. The van der Waals surface area contributed by atoms with Crippen molar-refractivity contribution >= 4 is 17.7 Å². The Morgan fingerprint density at radius 1 is 1.22 bits per heavy atom. The monoisotopic (exact) mass is 331 g/mol. The van der Waals surface area contributed by atoms with Crippen molar-refractivity contribution in [3.63, 3.8) is 0 Å². The van der Waals surface area contributed by atoms with E-state index in [1.165, 1.54) is 22.9 Å². The molecule has 7 heteroatoms. The fraction of sp³-hybridized carbons (Fsp3) is 0.500. The lowest BCUT2D eigenvalue weighted by Gasteiger charge is -2.30. The molecule has 1 aliphatic rings. The topological polar surface area (TPSA) is 63.9 Å². The molecule has 1 aromatic carbocycles. The Balaban J connectivity index is 1.67. The number of hydrogen-bond donors (Lipinski definition) is 0. The van der Waals surface area contributed by atoms with E-state index in [-0.39, 0.29) is 17.2 Å². The van der Waals surface area contributed by atoms with E-state index in [0.717, 1.165) is 13.0 Å². The van der Waals surface area contributed by atoms with Gasteiger partial charge in [-0.2, -0.15) is 0 Å². The zero-order valence-electron chi connectivity index (χ0n) is 13.6. The van der Waals surface area contributed by atoms with Crippen LogP contribution in [0.5, 0.6) is 0 Å². The van der Waals surface area contributed by atoms with Crippen LogP contribution in [0.3, 0.4) is 0 Å². The van der Waals surface area contributed by atoms with Gasteiger partial charge in [0.1, 0.15) is 0 Å². The van der Waals surface area contributed by atoms with Crippen molar-refractivity contribution in [3.05, 3.63) is 35.4 Å². The molecule has 0 aliphatic carbocycles. The average Bonchev–Trinajstić information content (AvgIpc) is 3.02. The average molecular weight is 331 g/mol. The first-order valence-electron chi connectivity index (χ1n) is 7.86. The predicted octanol–water partition coefficient (Wildman–Crippen LogP) is 2.32. The summed E-state index contributed by atoms with van der Waals surface area (Å²) in [6, 6.07) is 8.51. The minimum absolute atomic E-state index is 0.141. The number of thioether (sulfide) groups is 1. The van der Waals surface area contributed by atoms with E-state index in [0.29, 0.717) is 11.7 Å². The van der Waals surface area contributed by atoms with Gasteiger partial charge in [0.2, 0.25) is 11.1 Å². The van der Waals surface area contributed by atoms with E-state index < -0.39 is 0 Å². The first-order chi connectivity index (χ1) is 11.1. The quantitative estimate of drug-likeness (QED) is 0.805. The maximum Gasteiger partial charge on any atom is 0.236 e. The summed E-state index contributed by atoms with van der Waals surface area (Å²) in [5.41, 5.74) is 2.59. The number of nitrogens with zero attached hydrogens (tertiary/aromatic N) is 5. The second kappa shape index (κ2) is 6.70. The van der Waals surface area contributed by atoms with Gasteiger partial charge in [-0.25, -0.2) is 4.68 Å². The fourth-order valence-corrected chi connectivity index (χ4v) is 3.74. The van der Waals surface area contributed by atoms with E-state index in [9.17, 15) is 4.79 Å². The Hall–Kier alpha value is -1.89. The van der Waals surface area contributed by atoms with Gasteiger partial charge in [-0.3, -0.25) is 4.79 Å². The van der Waals surface area contributed by atoms with Crippen molar-refractivity contribution in [3.8, 4) is 0 Å². The van der Waals surface area contributed by atoms with E-state index in [1.54, 1.807) is 4.68 Å². The number of carbonyl (C=O) groups excluding carboxylic acids is 1. The number of benzene rings is 1. The van der Waals surface area contributed by atoms with Crippen LogP contribution in [0.25, 0.3) is 0 Å². The van der Waals surface area contributed by atoms with Crippen molar-refractivity contribution < 1.29 is 4.79 Å². The summed E-state index contributed by atoms with van der Waals surface area (Å²) >= 11 is 1.42. The number of carbonyl (C=O) groups is 1. The van der Waals surface area contributed by atoms with Crippen LogP contribution in [-0.4, -0.2) is 42.8 Å². The van der Waals surface area contributed by atoms with Crippen molar-refractivity contribution in [2.75, 3.05) is 6.54 Å². The molecular weight excluding hydrogens is 310 g/mol. The second-order valence-electron chi connectivity index (χ2n) is 6.04. The first kappa shape index (κ1) is 16.0. The third-order valence-electron chi connectivity index (χ3n) is 4.02. The maximum absolute atomic E-state index is 12.7. The molecule has 3 rings (SSSR count). The standard InChI is InChI=1S/C16H21N5OS/c1-11(2)21-16(17-18-19-21)23-12(3)15(22)20-9-8-13-6-4-5-7-14(13)10-20/h4-7,11-12H,8-10H2,1-3H3/t12-/m1/s1. The van der Waals surface area contributed by atoms with Crippen molar-refractivity contribution in [2.24, 2.45) is 0 Å². The zero-order chi connectivity index (χ0) is 16.4. The van der Waals surface area contributed by atoms with E-state index in [1.807, 2.05) is 31.7 Å². The van der Waals surface area contributed by atoms with E-state index >= 15 is 0 Å². The summed E-state index contributed by atoms with van der Waals surface area (Å²) in [6.45, 7) is 7.43. The molecule has 1 aromatic heterocycles. The van der Waals surface area contributed by atoms with Gasteiger partial charge in [0.25, 0.3) is 0 Å². The van der Waals surface area contributed by atoms with Gasteiger partial charge in [0.05, 0.1) is 11.3 Å². The third-order valence-corrected chi connectivity index (χ3v) is 5.06. The molecule has 23 heavy (non-hydrogen) atoms. The van der Waals surface area contributed by atoms with E-state index in [2.05, 4.69) is 33.7 Å². The summed E-state index contributed by atoms with van der Waals surface area (Å²) in [4.78, 5) is 14.7. The summed E-state index contributed by atoms with van der Waals surface area (Å²) in [5.74, 6) is 0.141. The highest BCUT2D eigenvalue weighted by Crippen LogP contribution is 2.26. The highest BCUT2D eigenvalue weighted by Gasteiger charge is 2.26. The minimum atomic E-state index is -0.205. The van der Waals surface area contributed by atoms with Crippen LogP contribution in [0.2, 0.25) is 0 Å². The predicted molar refractivity (Wildman–Crippen MR) is 89.1 cm³/mol. The van der Waals surface area contributed by atoms with Crippen molar-refractivity contribution in [1.29, 1.82) is 0 Å². The largest absolute Gasteiger partial charge is 0.337 e. The van der Waals surface area contributed by atoms with Gasteiger partial charge < -0.3 is 4.90 Å². The molecule has 1 atom stereocenters. The smallest absolute Gasteiger partial charge is 0.236 e. The van der Waals surface area contributed by atoms with Crippen LogP contribution in [-0.2, 0) is 17.8 Å². The molecule has 0 unspecified atom stereocenters. The molecule has 0 spiro atoms. The normalized spacial score (nSPS) is 15.6. The van der Waals surface area contributed by atoms with Crippen LogP contribution in [0.15, 0.2) is 29.4 Å². The molecule has 1 amide bonds. The van der Waals surface area contributed by atoms with Crippen molar-refractivity contribution in [1.82, 2.24) is 25.1 Å². The lowest BCUT2D eigenvalue weighted by molar-refractivity contribution is -0.131. The maximum atomic E-state index is 12.7. The number of amides is 1. The van der Waals surface area contributed by atoms with Crippen LogP contribution >= 0.6 is 11.8 Å². The molecule has 122 valence electrons. The summed E-state index contributed by atoms with van der Waals surface area (Å²) in [6.07, 6.45) is 0.920. The van der Waals surface area contributed by atoms with Crippen molar-refractivity contribution in [2.45, 2.75) is 50.2 Å². The number of rotatable bonds is 4. The Morgan fingerprint density at radius 3 is 2.70 bits per heavy atom. The highest BCUT2D eigenvalue weighted by atomic mass is 32.2. The van der Waals surface area contributed by atoms with Crippen LogP contribution < -0.4 is 0 Å². The van der Waals surface area contributed by atoms with Gasteiger partial charge in [0, 0.05) is 13.1 Å². The third kappa shape index (κ3) is 3.39. The molecule has 6 nitrogen and oxygen atoms in total. The molecule has 0 bridgehead atoms. The van der Waals surface area contributed by atoms with Crippen LogP contribution in [0.4, 0.5) is 0 Å². The molecule has 0 fully saturated rings. The van der Waals surface area contributed by atoms with Gasteiger partial charge in [-0.05, 0) is 48.7 Å².